The van der Waals surface area contributed by atoms with Gasteiger partial charge in [0.25, 0.3) is 0 Å². The van der Waals surface area contributed by atoms with Gasteiger partial charge < -0.3 is 10.1 Å². The Kier molecular flexibility index (Phi) is 5.96. The fourth-order valence-corrected chi connectivity index (χ4v) is 3.49. The molecule has 0 aliphatic heterocycles. The van der Waals surface area contributed by atoms with E-state index in [-0.39, 0.29) is 12.0 Å². The lowest BCUT2D eigenvalue weighted by molar-refractivity contribution is -0.121. The number of halogens is 2. The summed E-state index contributed by atoms with van der Waals surface area (Å²) in [6.07, 6.45) is 0.437. The molecule has 0 aliphatic rings. The van der Waals surface area contributed by atoms with Crippen LogP contribution in [0.5, 0.6) is 5.88 Å². The van der Waals surface area contributed by atoms with Crippen LogP contribution in [0, 0.1) is 36.8 Å². The lowest BCUT2D eigenvalue weighted by Crippen LogP contribution is -2.28. The third-order valence-corrected chi connectivity index (χ3v) is 5.03. The molecule has 7 nitrogen and oxygen atoms in total. The monoisotopic (exact) mass is 413 g/mol. The van der Waals surface area contributed by atoms with Crippen molar-refractivity contribution >= 4 is 16.9 Å². The maximum atomic E-state index is 13.9. The summed E-state index contributed by atoms with van der Waals surface area (Å²) in [6, 6.07) is 3.51. The summed E-state index contributed by atoms with van der Waals surface area (Å²) >= 11 is 0. The minimum atomic E-state index is -1.21. The average molecular weight is 413 g/mol. The number of hydrogen-bond donors (Lipinski definition) is 1. The van der Waals surface area contributed by atoms with Crippen LogP contribution in [-0.4, -0.2) is 27.8 Å². The van der Waals surface area contributed by atoms with Gasteiger partial charge in [-0.25, -0.2) is 18.4 Å². The molecule has 1 unspecified atom stereocenters. The van der Waals surface area contributed by atoms with Gasteiger partial charge in [-0.3, -0.25) is 4.79 Å². The minimum Gasteiger partial charge on any atom is -0.479 e. The van der Waals surface area contributed by atoms with Gasteiger partial charge in [-0.1, -0.05) is 6.07 Å². The Labute approximate surface area is 172 Å². The number of nitrogens with zero attached hydrogens (tertiary/aromatic N) is 4. The van der Waals surface area contributed by atoms with Crippen LogP contribution in [0.4, 0.5) is 8.78 Å². The van der Waals surface area contributed by atoms with Crippen LogP contribution in [0.1, 0.15) is 34.8 Å². The average Bonchev–Trinajstić information content (AvgIpc) is 3.02. The molecule has 9 heteroatoms. The van der Waals surface area contributed by atoms with Gasteiger partial charge in [-0.05, 0) is 37.5 Å². The first-order valence-electron chi connectivity index (χ1n) is 9.27. The highest BCUT2D eigenvalue weighted by Crippen LogP contribution is 2.30. The van der Waals surface area contributed by atoms with Crippen molar-refractivity contribution in [1.82, 2.24) is 20.1 Å². The molecule has 30 heavy (non-hydrogen) atoms. The molecular formula is C21H21F2N5O2. The molecule has 1 aromatic carbocycles. The molecule has 0 aliphatic carbocycles. The number of methoxy groups -OCH3 is 1. The summed E-state index contributed by atoms with van der Waals surface area (Å²) in [5.74, 6) is -1.60. The summed E-state index contributed by atoms with van der Waals surface area (Å²) in [6.45, 7) is 3.77. The SMILES string of the molecule is COc1nn(C)c2nc(C)c(CCC(=O)NC(C#N)c3ccc(F)cc3F)c(C)c12. The van der Waals surface area contributed by atoms with Gasteiger partial charge in [-0.15, -0.1) is 5.10 Å². The topological polar surface area (TPSA) is 92.8 Å². The molecule has 0 spiro atoms. The second-order valence-corrected chi connectivity index (χ2v) is 6.93. The zero-order chi connectivity index (χ0) is 22.0. The smallest absolute Gasteiger partial charge is 0.242 e. The van der Waals surface area contributed by atoms with Gasteiger partial charge in [0.1, 0.15) is 17.7 Å². The number of carbonyl (C=O) groups is 1. The maximum absolute atomic E-state index is 13.9. The van der Waals surface area contributed by atoms with E-state index in [9.17, 15) is 18.8 Å². The first kappa shape index (κ1) is 21.2. The van der Waals surface area contributed by atoms with E-state index < -0.39 is 23.6 Å². The second kappa shape index (κ2) is 8.45. The molecule has 3 rings (SSSR count). The van der Waals surface area contributed by atoms with Crippen LogP contribution in [0.2, 0.25) is 0 Å². The Morgan fingerprint density at radius 2 is 2.10 bits per heavy atom. The van der Waals surface area contributed by atoms with Crippen molar-refractivity contribution in [1.29, 1.82) is 5.26 Å². The van der Waals surface area contributed by atoms with Crippen molar-refractivity contribution in [3.63, 3.8) is 0 Å². The number of benzene rings is 1. The van der Waals surface area contributed by atoms with E-state index >= 15 is 0 Å². The summed E-state index contributed by atoms with van der Waals surface area (Å²) < 4.78 is 34.0. The molecule has 0 saturated heterocycles. The van der Waals surface area contributed by atoms with Gasteiger partial charge in [0.05, 0.1) is 18.6 Å². The summed E-state index contributed by atoms with van der Waals surface area (Å²) in [5.41, 5.74) is 3.16. The molecule has 1 atom stereocenters. The molecule has 1 N–H and O–H groups in total. The molecule has 0 saturated carbocycles. The van der Waals surface area contributed by atoms with Crippen molar-refractivity contribution in [3.05, 3.63) is 52.2 Å². The van der Waals surface area contributed by atoms with Crippen LogP contribution in [0.15, 0.2) is 18.2 Å². The van der Waals surface area contributed by atoms with Crippen LogP contribution >= 0.6 is 0 Å². The third-order valence-electron chi connectivity index (χ3n) is 5.03. The first-order chi connectivity index (χ1) is 14.3. The predicted molar refractivity (Wildman–Crippen MR) is 106 cm³/mol. The van der Waals surface area contributed by atoms with Crippen LogP contribution in [0.3, 0.4) is 0 Å². The highest BCUT2D eigenvalue weighted by Gasteiger charge is 2.21. The fraction of sp³-hybridized carbons (Fsp3) is 0.333. The Hall–Kier alpha value is -3.54. The van der Waals surface area contributed by atoms with Crippen molar-refractivity contribution in [2.24, 2.45) is 7.05 Å². The molecule has 0 fully saturated rings. The number of nitrogens with one attached hydrogen (secondary N) is 1. The number of amides is 1. The molecule has 0 bridgehead atoms. The zero-order valence-electron chi connectivity index (χ0n) is 17.1. The maximum Gasteiger partial charge on any atom is 0.242 e. The standard InChI is InChI=1S/C21H21F2N5O2/c1-11-14(12(2)25-20-19(11)21(30-4)27-28(20)3)7-8-18(29)26-17(10-24)15-6-5-13(22)9-16(15)23/h5-6,9,17H,7-8H2,1-4H3,(H,26,29). The number of ether oxygens (including phenoxy) is 1. The van der Waals surface area contributed by atoms with Gasteiger partial charge in [0.15, 0.2) is 5.65 Å². The van der Waals surface area contributed by atoms with E-state index in [1.807, 2.05) is 19.9 Å². The van der Waals surface area contributed by atoms with E-state index in [4.69, 9.17) is 4.74 Å². The quantitative estimate of drug-likeness (QED) is 0.670. The number of aryl methyl sites for hydroxylation is 3. The van der Waals surface area contributed by atoms with Crippen LogP contribution < -0.4 is 10.1 Å². The summed E-state index contributed by atoms with van der Waals surface area (Å²) in [5, 5.41) is 16.9. The number of rotatable bonds is 6. The fourth-order valence-electron chi connectivity index (χ4n) is 3.49. The van der Waals surface area contributed by atoms with E-state index in [2.05, 4.69) is 15.4 Å². The van der Waals surface area contributed by atoms with Gasteiger partial charge in [0, 0.05) is 30.8 Å². The number of fused-ring (bicyclic) bond motifs is 1. The number of hydrogen-bond acceptors (Lipinski definition) is 5. The number of aromatic nitrogens is 3. The van der Waals surface area contributed by atoms with E-state index in [1.165, 1.54) is 7.11 Å². The van der Waals surface area contributed by atoms with Crippen LogP contribution in [-0.2, 0) is 18.3 Å². The predicted octanol–water partition coefficient (Wildman–Crippen LogP) is 3.19. The van der Waals surface area contributed by atoms with E-state index in [1.54, 1.807) is 11.7 Å². The normalized spacial score (nSPS) is 11.9. The minimum absolute atomic E-state index is 0.0679. The molecule has 3 aromatic rings. The Morgan fingerprint density at radius 1 is 1.37 bits per heavy atom. The number of nitriles is 1. The Bertz CT molecular complexity index is 1170. The van der Waals surface area contributed by atoms with Crippen LogP contribution in [0.25, 0.3) is 11.0 Å². The van der Waals surface area contributed by atoms with Gasteiger partial charge in [0.2, 0.25) is 11.8 Å². The van der Waals surface area contributed by atoms with Crippen molar-refractivity contribution < 1.29 is 18.3 Å². The molecule has 0 radical (unpaired) electrons. The highest BCUT2D eigenvalue weighted by molar-refractivity contribution is 5.86. The first-order valence-corrected chi connectivity index (χ1v) is 9.27. The molecule has 2 heterocycles. The number of carbonyl (C=O) groups excluding carboxylic acids is 1. The van der Waals surface area contributed by atoms with Crippen molar-refractivity contribution in [2.75, 3.05) is 7.11 Å². The Balaban J connectivity index is 1.79. The van der Waals surface area contributed by atoms with E-state index in [0.717, 1.165) is 34.3 Å². The lowest BCUT2D eigenvalue weighted by atomic mass is 9.99. The summed E-state index contributed by atoms with van der Waals surface area (Å²) in [4.78, 5) is 17.0. The molecular weight excluding hydrogens is 392 g/mol. The van der Waals surface area contributed by atoms with Gasteiger partial charge >= 0.3 is 0 Å². The highest BCUT2D eigenvalue weighted by atomic mass is 19.1. The number of pyridine rings is 1. The third kappa shape index (κ3) is 3.94. The largest absolute Gasteiger partial charge is 0.479 e. The second-order valence-electron chi connectivity index (χ2n) is 6.93. The molecule has 156 valence electrons. The van der Waals surface area contributed by atoms with E-state index in [0.29, 0.717) is 24.0 Å². The Morgan fingerprint density at radius 3 is 2.73 bits per heavy atom. The zero-order valence-corrected chi connectivity index (χ0v) is 17.1. The van der Waals surface area contributed by atoms with Gasteiger partial charge in [-0.2, -0.15) is 5.26 Å². The molecule has 1 amide bonds. The summed E-state index contributed by atoms with van der Waals surface area (Å²) in [7, 11) is 3.31. The lowest BCUT2D eigenvalue weighted by Gasteiger charge is -2.14. The van der Waals surface area contributed by atoms with Crippen molar-refractivity contribution in [2.45, 2.75) is 32.7 Å². The molecule has 2 aromatic heterocycles. The van der Waals surface area contributed by atoms with Crippen molar-refractivity contribution in [3.8, 4) is 11.9 Å².